The van der Waals surface area contributed by atoms with Gasteiger partial charge in [0, 0.05) is 25.0 Å². The highest BCUT2D eigenvalue weighted by Crippen LogP contribution is 2.37. The fourth-order valence-corrected chi connectivity index (χ4v) is 3.25. The molecule has 0 unspecified atom stereocenters. The van der Waals surface area contributed by atoms with Gasteiger partial charge in [0.1, 0.15) is 10.7 Å². The quantitative estimate of drug-likeness (QED) is 0.910. The zero-order valence-electron chi connectivity index (χ0n) is 11.1. The Hall–Kier alpha value is -0.940. The first-order valence-electron chi connectivity index (χ1n) is 6.58. The number of nitrogens with two attached hydrogens (primary N) is 1. The summed E-state index contributed by atoms with van der Waals surface area (Å²) in [5.41, 5.74) is 6.41. The van der Waals surface area contributed by atoms with Crippen molar-refractivity contribution in [3.8, 4) is 0 Å². The van der Waals surface area contributed by atoms with Crippen LogP contribution >= 0.6 is 11.3 Å². The van der Waals surface area contributed by atoms with Crippen LogP contribution in [-0.4, -0.2) is 28.9 Å². The molecule has 2 N–H and O–H groups in total. The predicted molar refractivity (Wildman–Crippen MR) is 73.5 cm³/mol. The van der Waals surface area contributed by atoms with E-state index in [1.54, 1.807) is 0 Å². The minimum absolute atomic E-state index is 0.0646. The third-order valence-corrected chi connectivity index (χ3v) is 5.04. The zero-order chi connectivity index (χ0) is 13.2. The van der Waals surface area contributed by atoms with E-state index in [4.69, 9.17) is 5.73 Å². The Balaban J connectivity index is 2.07. The summed E-state index contributed by atoms with van der Waals surface area (Å²) in [6, 6.07) is 0. The van der Waals surface area contributed by atoms with Gasteiger partial charge < -0.3 is 10.6 Å². The molecule has 0 spiro atoms. The van der Waals surface area contributed by atoms with E-state index in [0.717, 1.165) is 37.4 Å². The third kappa shape index (κ3) is 2.42. The van der Waals surface area contributed by atoms with Crippen molar-refractivity contribution in [2.45, 2.75) is 39.7 Å². The molecule has 2 heterocycles. The van der Waals surface area contributed by atoms with Crippen molar-refractivity contribution < 1.29 is 4.79 Å². The van der Waals surface area contributed by atoms with Crippen LogP contribution in [0.3, 0.4) is 0 Å². The molecular weight excluding hydrogens is 246 g/mol. The molecule has 1 fully saturated rings. The van der Waals surface area contributed by atoms with E-state index in [0.29, 0.717) is 17.7 Å². The van der Waals surface area contributed by atoms with E-state index in [1.165, 1.54) is 11.3 Å². The van der Waals surface area contributed by atoms with Crippen molar-refractivity contribution in [1.29, 1.82) is 0 Å². The van der Waals surface area contributed by atoms with Gasteiger partial charge in [0.15, 0.2) is 0 Å². The summed E-state index contributed by atoms with van der Waals surface area (Å²) in [7, 11) is 0. The van der Waals surface area contributed by atoms with E-state index in [9.17, 15) is 4.79 Å². The highest BCUT2D eigenvalue weighted by Gasteiger charge is 2.37. The Morgan fingerprint density at radius 2 is 2.28 bits per heavy atom. The minimum atomic E-state index is 0.0646. The van der Waals surface area contributed by atoms with Gasteiger partial charge in [-0.05, 0) is 24.7 Å². The highest BCUT2D eigenvalue weighted by molar-refractivity contribution is 7.09. The number of hydrogen-bond donors (Lipinski definition) is 1. The van der Waals surface area contributed by atoms with Gasteiger partial charge >= 0.3 is 0 Å². The van der Waals surface area contributed by atoms with Crippen LogP contribution in [0.25, 0.3) is 0 Å². The molecular formula is C13H21N3OS. The second-order valence-corrected chi connectivity index (χ2v) is 5.96. The molecule has 1 aliphatic heterocycles. The second kappa shape index (κ2) is 5.36. The second-order valence-electron chi connectivity index (χ2n) is 5.01. The van der Waals surface area contributed by atoms with Gasteiger partial charge in [0.05, 0.1) is 0 Å². The molecule has 0 atom stereocenters. The zero-order valence-corrected chi connectivity index (χ0v) is 11.9. The summed E-state index contributed by atoms with van der Waals surface area (Å²) in [5.74, 6) is 0.0646. The maximum Gasteiger partial charge on any atom is 0.273 e. The molecule has 5 heteroatoms. The molecule has 1 aromatic heterocycles. The predicted octanol–water partition coefficient (Wildman–Crippen LogP) is 2.25. The largest absolute Gasteiger partial charge is 0.337 e. The van der Waals surface area contributed by atoms with Crippen molar-refractivity contribution in [3.63, 3.8) is 0 Å². The first-order chi connectivity index (χ1) is 8.64. The molecule has 100 valence electrons. The number of rotatable bonds is 4. The lowest BCUT2D eigenvalue weighted by atomic mass is 9.82. The van der Waals surface area contributed by atoms with E-state index in [-0.39, 0.29) is 5.91 Å². The number of aromatic nitrogens is 1. The molecule has 18 heavy (non-hydrogen) atoms. The summed E-state index contributed by atoms with van der Waals surface area (Å²) < 4.78 is 0. The maximum absolute atomic E-state index is 12.3. The summed E-state index contributed by atoms with van der Waals surface area (Å²) in [6.45, 7) is 6.57. The van der Waals surface area contributed by atoms with Crippen molar-refractivity contribution in [3.05, 3.63) is 16.1 Å². The molecule has 2 rings (SSSR count). The van der Waals surface area contributed by atoms with Crippen molar-refractivity contribution in [2.75, 3.05) is 13.1 Å². The van der Waals surface area contributed by atoms with Crippen LogP contribution in [0.15, 0.2) is 5.38 Å². The van der Waals surface area contributed by atoms with E-state index >= 15 is 0 Å². The Morgan fingerprint density at radius 1 is 1.56 bits per heavy atom. The molecule has 0 bridgehead atoms. The highest BCUT2D eigenvalue weighted by atomic mass is 32.1. The summed E-state index contributed by atoms with van der Waals surface area (Å²) >= 11 is 1.46. The van der Waals surface area contributed by atoms with Crippen LogP contribution in [0.2, 0.25) is 0 Å². The standard InChI is InChI=1S/C13H21N3OS/c1-3-13(4-2)5-6-16(9-13)12(17)10-8-18-11(7-14)15-10/h8H,3-7,9,14H2,1-2H3. The lowest BCUT2D eigenvalue weighted by Gasteiger charge is -2.26. The van der Waals surface area contributed by atoms with Gasteiger partial charge in [-0.3, -0.25) is 4.79 Å². The van der Waals surface area contributed by atoms with Crippen molar-refractivity contribution in [2.24, 2.45) is 11.1 Å². The molecule has 1 saturated heterocycles. The number of nitrogens with zero attached hydrogens (tertiary/aromatic N) is 2. The lowest BCUT2D eigenvalue weighted by molar-refractivity contribution is 0.0764. The normalized spacial score (nSPS) is 18.3. The summed E-state index contributed by atoms with van der Waals surface area (Å²) in [6.07, 6.45) is 3.39. The first kappa shape index (κ1) is 13.5. The van der Waals surface area contributed by atoms with Crippen LogP contribution in [0.5, 0.6) is 0 Å². The van der Waals surface area contributed by atoms with Gasteiger partial charge in [-0.15, -0.1) is 11.3 Å². The number of amides is 1. The van der Waals surface area contributed by atoms with Crippen LogP contribution in [0.4, 0.5) is 0 Å². The topological polar surface area (TPSA) is 59.2 Å². The number of carbonyl (C=O) groups excluding carboxylic acids is 1. The Kier molecular flexibility index (Phi) is 4.02. The van der Waals surface area contributed by atoms with Crippen molar-refractivity contribution >= 4 is 17.2 Å². The molecule has 0 aromatic carbocycles. The Bertz CT molecular complexity index is 426. The molecule has 4 nitrogen and oxygen atoms in total. The molecule has 0 aliphatic carbocycles. The number of thiazole rings is 1. The molecule has 0 saturated carbocycles. The molecule has 1 aliphatic rings. The molecule has 1 aromatic rings. The van der Waals surface area contributed by atoms with Gasteiger partial charge in [-0.25, -0.2) is 4.98 Å². The average molecular weight is 267 g/mol. The van der Waals surface area contributed by atoms with Crippen LogP contribution in [-0.2, 0) is 6.54 Å². The van der Waals surface area contributed by atoms with E-state index in [2.05, 4.69) is 18.8 Å². The fourth-order valence-electron chi connectivity index (χ4n) is 2.60. The number of carbonyl (C=O) groups is 1. The Labute approximate surface area is 112 Å². The van der Waals surface area contributed by atoms with Crippen molar-refractivity contribution in [1.82, 2.24) is 9.88 Å². The number of hydrogen-bond acceptors (Lipinski definition) is 4. The van der Waals surface area contributed by atoms with E-state index in [1.807, 2.05) is 10.3 Å². The van der Waals surface area contributed by atoms with Crippen LogP contribution < -0.4 is 5.73 Å². The Morgan fingerprint density at radius 3 is 2.78 bits per heavy atom. The van der Waals surface area contributed by atoms with Gasteiger partial charge in [0.25, 0.3) is 5.91 Å². The fraction of sp³-hybridized carbons (Fsp3) is 0.692. The minimum Gasteiger partial charge on any atom is -0.337 e. The van der Waals surface area contributed by atoms with Gasteiger partial charge in [0.2, 0.25) is 0 Å². The number of likely N-dealkylation sites (tertiary alicyclic amines) is 1. The van der Waals surface area contributed by atoms with Crippen LogP contribution in [0, 0.1) is 5.41 Å². The maximum atomic E-state index is 12.3. The van der Waals surface area contributed by atoms with Crippen LogP contribution in [0.1, 0.15) is 48.6 Å². The third-order valence-electron chi connectivity index (χ3n) is 4.17. The SMILES string of the molecule is CCC1(CC)CCN(C(=O)c2csc(CN)n2)C1. The summed E-state index contributed by atoms with van der Waals surface area (Å²) in [4.78, 5) is 18.5. The van der Waals surface area contributed by atoms with Gasteiger partial charge in [-0.1, -0.05) is 13.8 Å². The smallest absolute Gasteiger partial charge is 0.273 e. The monoisotopic (exact) mass is 267 g/mol. The average Bonchev–Trinajstić information content (AvgIpc) is 3.05. The molecule has 0 radical (unpaired) electrons. The van der Waals surface area contributed by atoms with E-state index < -0.39 is 0 Å². The van der Waals surface area contributed by atoms with Gasteiger partial charge in [-0.2, -0.15) is 0 Å². The molecule has 1 amide bonds. The summed E-state index contributed by atoms with van der Waals surface area (Å²) in [5, 5.41) is 2.65. The lowest BCUT2D eigenvalue weighted by Crippen LogP contribution is -2.32. The first-order valence-corrected chi connectivity index (χ1v) is 7.46.